The highest BCUT2D eigenvalue weighted by atomic mass is 35.5. The lowest BCUT2D eigenvalue weighted by Crippen LogP contribution is -2.05. The molecule has 0 aliphatic carbocycles. The van der Waals surface area contributed by atoms with Gasteiger partial charge in [0.2, 0.25) is 5.28 Å². The maximum atomic E-state index is 5.85. The second kappa shape index (κ2) is 5.17. The summed E-state index contributed by atoms with van der Waals surface area (Å²) in [5.74, 6) is 0.762. The highest BCUT2D eigenvalue weighted by molar-refractivity contribution is 6.28. The molecule has 20 heavy (non-hydrogen) atoms. The molecule has 3 aromatic heterocycles. The van der Waals surface area contributed by atoms with Crippen LogP contribution in [0.1, 0.15) is 5.69 Å². The first-order valence-electron chi connectivity index (χ1n) is 5.58. The van der Waals surface area contributed by atoms with Crippen LogP contribution in [0.5, 0.6) is 11.8 Å². The number of ether oxygens (including phenoxy) is 1. The predicted octanol–water partition coefficient (Wildman–Crippen LogP) is 1.60. The number of nitrogens with zero attached hydrogens (tertiary/aromatic N) is 7. The van der Waals surface area contributed by atoms with Gasteiger partial charge in [-0.3, -0.25) is 4.98 Å². The third kappa shape index (κ3) is 2.54. The van der Waals surface area contributed by atoms with E-state index in [0.717, 1.165) is 0 Å². The summed E-state index contributed by atoms with van der Waals surface area (Å²) in [6.45, 7) is 1.82. The zero-order valence-corrected chi connectivity index (χ0v) is 11.1. The number of aryl methyl sites for hydroxylation is 1. The molecule has 9 heteroatoms. The summed E-state index contributed by atoms with van der Waals surface area (Å²) in [5, 5.41) is 3.92. The summed E-state index contributed by atoms with van der Waals surface area (Å²) in [6.07, 6.45) is 4.48. The van der Waals surface area contributed by atoms with Crippen molar-refractivity contribution in [2.24, 2.45) is 0 Å². The minimum atomic E-state index is 0.00189. The van der Waals surface area contributed by atoms with Crippen molar-refractivity contribution in [3.63, 3.8) is 0 Å². The molecule has 100 valence electrons. The first-order valence-corrected chi connectivity index (χ1v) is 5.96. The van der Waals surface area contributed by atoms with E-state index in [4.69, 9.17) is 16.3 Å². The number of halogens is 1. The third-order valence-electron chi connectivity index (χ3n) is 2.36. The molecule has 0 aliphatic rings. The van der Waals surface area contributed by atoms with Crippen LogP contribution in [0.3, 0.4) is 0 Å². The molecule has 0 atom stereocenters. The lowest BCUT2D eigenvalue weighted by molar-refractivity contribution is 0.432. The minimum absolute atomic E-state index is 0.00189. The molecule has 0 saturated heterocycles. The summed E-state index contributed by atoms with van der Waals surface area (Å²) in [6, 6.07) is 3.57. The van der Waals surface area contributed by atoms with E-state index in [1.165, 1.54) is 17.3 Å². The van der Waals surface area contributed by atoms with Gasteiger partial charge in [-0.2, -0.15) is 24.7 Å². The maximum Gasteiger partial charge on any atom is 0.328 e. The van der Waals surface area contributed by atoms with Gasteiger partial charge in [-0.15, -0.1) is 0 Å². The van der Waals surface area contributed by atoms with Crippen LogP contribution in [0, 0.1) is 6.92 Å². The molecule has 0 radical (unpaired) electrons. The first kappa shape index (κ1) is 12.4. The van der Waals surface area contributed by atoms with E-state index < -0.39 is 0 Å². The van der Waals surface area contributed by atoms with Gasteiger partial charge in [-0.1, -0.05) is 0 Å². The molecule has 0 saturated carbocycles. The smallest absolute Gasteiger partial charge is 0.328 e. The van der Waals surface area contributed by atoms with Gasteiger partial charge in [0.1, 0.15) is 12.7 Å². The Labute approximate surface area is 118 Å². The molecule has 8 nitrogen and oxygen atoms in total. The average Bonchev–Trinajstić information content (AvgIpc) is 2.95. The Morgan fingerprint density at radius 3 is 2.90 bits per heavy atom. The van der Waals surface area contributed by atoms with Crippen LogP contribution in [0.2, 0.25) is 5.28 Å². The van der Waals surface area contributed by atoms with Gasteiger partial charge >= 0.3 is 6.01 Å². The summed E-state index contributed by atoms with van der Waals surface area (Å²) in [4.78, 5) is 19.9. The standard InChI is InChI=1S/C11H8ClN7O/c1-7-8(3-2-4-14-7)20-11-17-9(12)16-10(18-11)19-6-13-5-15-19/h2-6H,1H3. The van der Waals surface area contributed by atoms with Gasteiger partial charge in [0.25, 0.3) is 5.95 Å². The molecular formula is C11H8ClN7O. The van der Waals surface area contributed by atoms with Crippen molar-refractivity contribution in [3.8, 4) is 17.7 Å². The Bertz CT molecular complexity index is 731. The largest absolute Gasteiger partial charge is 0.422 e. The summed E-state index contributed by atoms with van der Waals surface area (Å²) < 4.78 is 6.92. The molecule has 0 aromatic carbocycles. The number of hydrogen-bond donors (Lipinski definition) is 0. The van der Waals surface area contributed by atoms with Crippen molar-refractivity contribution in [2.45, 2.75) is 6.92 Å². The molecule has 0 fully saturated rings. The zero-order chi connectivity index (χ0) is 13.9. The van der Waals surface area contributed by atoms with Gasteiger partial charge in [-0.05, 0) is 30.7 Å². The van der Waals surface area contributed by atoms with Crippen LogP contribution in [-0.2, 0) is 0 Å². The average molecular weight is 290 g/mol. The van der Waals surface area contributed by atoms with Crippen molar-refractivity contribution >= 4 is 11.6 Å². The summed E-state index contributed by atoms with van der Waals surface area (Å²) in [5.41, 5.74) is 0.714. The number of pyridine rings is 1. The Balaban J connectivity index is 1.97. The van der Waals surface area contributed by atoms with Crippen molar-refractivity contribution in [1.29, 1.82) is 0 Å². The highest BCUT2D eigenvalue weighted by Crippen LogP contribution is 2.21. The number of hydrogen-bond acceptors (Lipinski definition) is 7. The van der Waals surface area contributed by atoms with Crippen LogP contribution in [-0.4, -0.2) is 34.7 Å². The van der Waals surface area contributed by atoms with Crippen molar-refractivity contribution in [2.75, 3.05) is 0 Å². The quantitative estimate of drug-likeness (QED) is 0.723. The van der Waals surface area contributed by atoms with Gasteiger partial charge in [-0.25, -0.2) is 4.98 Å². The predicted molar refractivity (Wildman–Crippen MR) is 68.8 cm³/mol. The topological polar surface area (TPSA) is 91.5 Å². The van der Waals surface area contributed by atoms with Gasteiger partial charge in [0.05, 0.1) is 5.69 Å². The van der Waals surface area contributed by atoms with E-state index in [-0.39, 0.29) is 17.2 Å². The lowest BCUT2D eigenvalue weighted by Gasteiger charge is -2.06. The molecule has 3 aromatic rings. The van der Waals surface area contributed by atoms with Crippen LogP contribution in [0.4, 0.5) is 0 Å². The molecule has 3 rings (SSSR count). The molecule has 0 unspecified atom stereocenters. The molecular weight excluding hydrogens is 282 g/mol. The SMILES string of the molecule is Cc1ncccc1Oc1nc(Cl)nc(-n2cncn2)n1. The van der Waals surface area contributed by atoms with E-state index in [2.05, 4.69) is 30.0 Å². The first-order chi connectivity index (χ1) is 9.72. The van der Waals surface area contributed by atoms with E-state index in [0.29, 0.717) is 11.4 Å². The fraction of sp³-hybridized carbons (Fsp3) is 0.0909. The van der Waals surface area contributed by atoms with Gasteiger partial charge in [0, 0.05) is 6.20 Å². The van der Waals surface area contributed by atoms with Gasteiger partial charge in [0.15, 0.2) is 5.75 Å². The second-order valence-corrected chi connectivity index (χ2v) is 4.05. The molecule has 3 heterocycles. The minimum Gasteiger partial charge on any atom is -0.422 e. The Hall–Kier alpha value is -2.61. The second-order valence-electron chi connectivity index (χ2n) is 3.72. The number of rotatable bonds is 3. The van der Waals surface area contributed by atoms with Crippen molar-refractivity contribution < 1.29 is 4.74 Å². The number of aromatic nitrogens is 7. The molecule has 0 bridgehead atoms. The van der Waals surface area contributed by atoms with E-state index in [1.54, 1.807) is 18.3 Å². The van der Waals surface area contributed by atoms with Crippen molar-refractivity contribution in [3.05, 3.63) is 42.0 Å². The monoisotopic (exact) mass is 289 g/mol. The summed E-state index contributed by atoms with van der Waals surface area (Å²) in [7, 11) is 0. The highest BCUT2D eigenvalue weighted by Gasteiger charge is 2.10. The Kier molecular flexibility index (Phi) is 3.21. The third-order valence-corrected chi connectivity index (χ3v) is 2.53. The zero-order valence-electron chi connectivity index (χ0n) is 10.3. The Morgan fingerprint density at radius 2 is 2.15 bits per heavy atom. The van der Waals surface area contributed by atoms with Gasteiger partial charge < -0.3 is 4.74 Å². The normalized spacial score (nSPS) is 10.5. The molecule has 0 aliphatic heterocycles. The van der Waals surface area contributed by atoms with Crippen molar-refractivity contribution in [1.82, 2.24) is 34.7 Å². The van der Waals surface area contributed by atoms with E-state index in [9.17, 15) is 0 Å². The van der Waals surface area contributed by atoms with Crippen LogP contribution >= 0.6 is 11.6 Å². The van der Waals surface area contributed by atoms with E-state index >= 15 is 0 Å². The lowest BCUT2D eigenvalue weighted by atomic mass is 10.3. The van der Waals surface area contributed by atoms with Crippen LogP contribution in [0.15, 0.2) is 31.0 Å². The Morgan fingerprint density at radius 1 is 1.25 bits per heavy atom. The maximum absolute atomic E-state index is 5.85. The van der Waals surface area contributed by atoms with E-state index in [1.807, 2.05) is 6.92 Å². The van der Waals surface area contributed by atoms with Crippen LogP contribution in [0.25, 0.3) is 5.95 Å². The fourth-order valence-electron chi connectivity index (χ4n) is 1.46. The summed E-state index contributed by atoms with van der Waals surface area (Å²) >= 11 is 5.85. The molecule has 0 amide bonds. The fourth-order valence-corrected chi connectivity index (χ4v) is 1.61. The molecule has 0 N–H and O–H groups in total. The van der Waals surface area contributed by atoms with Crippen LogP contribution < -0.4 is 4.74 Å². The molecule has 0 spiro atoms.